The fourth-order valence-electron chi connectivity index (χ4n) is 4.81. The Hall–Kier alpha value is -2.47. The molecule has 1 aromatic carbocycles. The SMILES string of the molecule is CC(CN1CCN(c2ccccc2Cl)CC1)Nc1c(C/C=C\[C@H](OCC(F)(F)F)C(C)CS)nc2cnccn12. The van der Waals surface area contributed by atoms with Gasteiger partial charge in [-0.05, 0) is 30.7 Å². The maximum atomic E-state index is 12.7. The van der Waals surface area contributed by atoms with Gasteiger partial charge >= 0.3 is 6.18 Å². The van der Waals surface area contributed by atoms with E-state index in [-0.39, 0.29) is 12.0 Å². The molecular formula is C28H36ClF3N6OS. The molecule has 0 saturated carbocycles. The summed E-state index contributed by atoms with van der Waals surface area (Å²) in [5.41, 5.74) is 2.55. The Morgan fingerprint density at radius 2 is 1.93 bits per heavy atom. The lowest BCUT2D eigenvalue weighted by molar-refractivity contribution is -0.183. The molecule has 2 unspecified atom stereocenters. The van der Waals surface area contributed by atoms with Crippen LogP contribution in [0.3, 0.4) is 0 Å². The van der Waals surface area contributed by atoms with Crippen molar-refractivity contribution in [3.8, 4) is 0 Å². The molecule has 1 aliphatic heterocycles. The van der Waals surface area contributed by atoms with E-state index in [2.05, 4.69) is 45.7 Å². The molecule has 1 saturated heterocycles. The number of benzene rings is 1. The quantitative estimate of drug-likeness (QED) is 0.209. The number of nitrogens with one attached hydrogen (secondary N) is 1. The molecule has 1 N–H and O–H groups in total. The molecule has 3 aromatic rings. The van der Waals surface area contributed by atoms with E-state index < -0.39 is 18.9 Å². The summed E-state index contributed by atoms with van der Waals surface area (Å²) in [6, 6.07) is 8.05. The first-order valence-electron chi connectivity index (χ1n) is 13.4. The number of rotatable bonds is 12. The van der Waals surface area contributed by atoms with Crippen LogP contribution in [0.25, 0.3) is 5.65 Å². The lowest BCUT2D eigenvalue weighted by atomic mass is 10.1. The Morgan fingerprint density at radius 1 is 1.18 bits per heavy atom. The molecule has 7 nitrogen and oxygen atoms in total. The standard InChI is InChI=1S/C28H36ClF3N6OS/c1-20(18-40)25(39-19-28(30,31)32)9-5-7-23-27(38-11-10-33-16-26(38)35-23)34-21(2)17-36-12-14-37(15-13-36)24-8-4-3-6-22(24)29/h3-6,8-11,16,20-21,25,34,40H,7,12-15,17-19H2,1-2H3/b9-5-/t20?,21?,25-/m0/s1. The molecule has 0 radical (unpaired) electrons. The van der Waals surface area contributed by atoms with Crippen molar-refractivity contribution < 1.29 is 17.9 Å². The first-order chi connectivity index (χ1) is 19.1. The van der Waals surface area contributed by atoms with E-state index in [1.807, 2.05) is 41.8 Å². The van der Waals surface area contributed by atoms with Gasteiger partial charge in [-0.2, -0.15) is 25.8 Å². The van der Waals surface area contributed by atoms with Crippen molar-refractivity contribution >= 4 is 41.4 Å². The van der Waals surface area contributed by atoms with Crippen LogP contribution in [-0.4, -0.2) is 82.7 Å². The number of anilines is 2. The van der Waals surface area contributed by atoms with Crippen LogP contribution in [0.15, 0.2) is 55.0 Å². The Bertz CT molecular complexity index is 1260. The Morgan fingerprint density at radius 3 is 2.62 bits per heavy atom. The molecule has 3 heterocycles. The normalized spacial score (nSPS) is 17.4. The largest absolute Gasteiger partial charge is 0.411 e. The zero-order valence-corrected chi connectivity index (χ0v) is 24.3. The minimum Gasteiger partial charge on any atom is -0.368 e. The van der Waals surface area contributed by atoms with Gasteiger partial charge in [0.05, 0.1) is 28.7 Å². The van der Waals surface area contributed by atoms with E-state index in [1.54, 1.807) is 18.5 Å². The number of fused-ring (bicyclic) bond motifs is 1. The van der Waals surface area contributed by atoms with Gasteiger partial charge in [-0.3, -0.25) is 14.3 Å². The van der Waals surface area contributed by atoms with Crippen molar-refractivity contribution in [1.82, 2.24) is 19.3 Å². The van der Waals surface area contributed by atoms with Crippen molar-refractivity contribution in [3.05, 3.63) is 65.7 Å². The first kappa shape index (κ1) is 30.5. The summed E-state index contributed by atoms with van der Waals surface area (Å²) in [5, 5.41) is 4.39. The average Bonchev–Trinajstić information content (AvgIpc) is 3.27. The second kappa shape index (κ2) is 13.9. The summed E-state index contributed by atoms with van der Waals surface area (Å²) in [6.45, 7) is 7.15. The third kappa shape index (κ3) is 8.28. The highest BCUT2D eigenvalue weighted by molar-refractivity contribution is 7.80. The van der Waals surface area contributed by atoms with Gasteiger partial charge in [0, 0.05) is 57.6 Å². The van der Waals surface area contributed by atoms with Crippen LogP contribution in [0.5, 0.6) is 0 Å². The summed E-state index contributed by atoms with van der Waals surface area (Å²) >= 11 is 10.6. The number of piperazine rings is 1. The summed E-state index contributed by atoms with van der Waals surface area (Å²) in [5.74, 6) is 1.08. The predicted molar refractivity (Wildman–Crippen MR) is 158 cm³/mol. The van der Waals surface area contributed by atoms with E-state index in [9.17, 15) is 13.2 Å². The van der Waals surface area contributed by atoms with Gasteiger partial charge in [0.1, 0.15) is 12.4 Å². The highest BCUT2D eigenvalue weighted by Gasteiger charge is 2.30. The number of aromatic nitrogens is 3. The van der Waals surface area contributed by atoms with E-state index >= 15 is 0 Å². The molecule has 0 aliphatic carbocycles. The van der Waals surface area contributed by atoms with Gasteiger partial charge in [-0.15, -0.1) is 0 Å². The van der Waals surface area contributed by atoms with E-state index in [4.69, 9.17) is 21.3 Å². The van der Waals surface area contributed by atoms with Gasteiger partial charge in [-0.25, -0.2) is 4.98 Å². The van der Waals surface area contributed by atoms with Crippen molar-refractivity contribution in [2.24, 2.45) is 5.92 Å². The molecule has 40 heavy (non-hydrogen) atoms. The van der Waals surface area contributed by atoms with E-state index in [0.29, 0.717) is 17.8 Å². The van der Waals surface area contributed by atoms with Gasteiger partial charge < -0.3 is 15.0 Å². The lowest BCUT2D eigenvalue weighted by Crippen LogP contribution is -2.49. The van der Waals surface area contributed by atoms with Crippen molar-refractivity contribution in [3.63, 3.8) is 0 Å². The minimum atomic E-state index is -4.38. The number of para-hydroxylation sites is 1. The van der Waals surface area contributed by atoms with Gasteiger partial charge in [0.25, 0.3) is 0 Å². The molecule has 218 valence electrons. The molecule has 3 atom stereocenters. The summed E-state index contributed by atoms with van der Waals surface area (Å²) in [7, 11) is 0. The van der Waals surface area contributed by atoms with Crippen molar-refractivity contribution in [2.45, 2.75) is 38.6 Å². The van der Waals surface area contributed by atoms with Crippen molar-refractivity contribution in [1.29, 1.82) is 0 Å². The van der Waals surface area contributed by atoms with Gasteiger partial charge in [0.15, 0.2) is 5.65 Å². The number of hydrogen-bond donors (Lipinski definition) is 2. The fraction of sp³-hybridized carbons (Fsp3) is 0.500. The topological polar surface area (TPSA) is 57.9 Å². The maximum absolute atomic E-state index is 12.7. The number of hydrogen-bond acceptors (Lipinski definition) is 7. The predicted octanol–water partition coefficient (Wildman–Crippen LogP) is 5.62. The number of imidazole rings is 1. The smallest absolute Gasteiger partial charge is 0.368 e. The second-order valence-corrected chi connectivity index (χ2v) is 11.0. The molecule has 4 rings (SSSR count). The van der Waals surface area contributed by atoms with Crippen LogP contribution in [0.4, 0.5) is 24.7 Å². The second-order valence-electron chi connectivity index (χ2n) is 10.2. The van der Waals surface area contributed by atoms with Crippen LogP contribution in [0.1, 0.15) is 19.5 Å². The Labute approximate surface area is 243 Å². The molecule has 1 fully saturated rings. The lowest BCUT2D eigenvalue weighted by Gasteiger charge is -2.37. The maximum Gasteiger partial charge on any atom is 0.411 e. The molecule has 2 aromatic heterocycles. The molecule has 0 amide bonds. The number of allylic oxidation sites excluding steroid dienone is 1. The van der Waals surface area contributed by atoms with E-state index in [0.717, 1.165) is 54.9 Å². The Kier molecular flexibility index (Phi) is 10.6. The summed E-state index contributed by atoms with van der Waals surface area (Å²) in [6.07, 6.45) is 4.09. The summed E-state index contributed by atoms with van der Waals surface area (Å²) < 4.78 is 45.3. The number of alkyl halides is 3. The van der Waals surface area contributed by atoms with Gasteiger partial charge in [0.2, 0.25) is 0 Å². The zero-order valence-electron chi connectivity index (χ0n) is 22.7. The van der Waals surface area contributed by atoms with Crippen LogP contribution in [0, 0.1) is 5.92 Å². The number of halogens is 4. The molecular weight excluding hydrogens is 561 g/mol. The number of ether oxygens (including phenoxy) is 1. The van der Waals surface area contributed by atoms with Crippen LogP contribution < -0.4 is 10.2 Å². The Balaban J connectivity index is 1.40. The molecule has 1 aliphatic rings. The van der Waals surface area contributed by atoms with Crippen LogP contribution >= 0.6 is 24.2 Å². The van der Waals surface area contributed by atoms with Crippen molar-refractivity contribution in [2.75, 3.05) is 55.3 Å². The highest BCUT2D eigenvalue weighted by Crippen LogP contribution is 2.26. The van der Waals surface area contributed by atoms with Gasteiger partial charge in [-0.1, -0.05) is 42.8 Å². The van der Waals surface area contributed by atoms with Crippen LogP contribution in [-0.2, 0) is 11.2 Å². The molecule has 12 heteroatoms. The van der Waals surface area contributed by atoms with E-state index in [1.165, 1.54) is 0 Å². The minimum absolute atomic E-state index is 0.120. The zero-order chi connectivity index (χ0) is 28.7. The average molecular weight is 597 g/mol. The molecule has 0 spiro atoms. The number of thiol groups is 1. The first-order valence-corrected chi connectivity index (χ1v) is 14.4. The highest BCUT2D eigenvalue weighted by atomic mass is 35.5. The fourth-order valence-corrected chi connectivity index (χ4v) is 5.28. The number of nitrogens with zero attached hydrogens (tertiary/aromatic N) is 5. The third-order valence-corrected chi connectivity index (χ3v) is 7.80. The monoisotopic (exact) mass is 596 g/mol. The van der Waals surface area contributed by atoms with Crippen LogP contribution in [0.2, 0.25) is 5.02 Å². The summed E-state index contributed by atoms with van der Waals surface area (Å²) in [4.78, 5) is 13.7. The third-order valence-electron chi connectivity index (χ3n) is 6.91. The molecule has 0 bridgehead atoms.